The minimum absolute atomic E-state index is 0.179. The zero-order valence-corrected chi connectivity index (χ0v) is 19.1. The quantitative estimate of drug-likeness (QED) is 0.376. The maximum Gasteiger partial charge on any atom is 0.439 e. The Morgan fingerprint density at radius 2 is 1.21 bits per heavy atom. The van der Waals surface area contributed by atoms with Crippen LogP contribution >= 0.6 is 0 Å². The van der Waals surface area contributed by atoms with Gasteiger partial charge in [-0.1, -0.05) is 33.6 Å². The number of ether oxygens (including phenoxy) is 1. The molecular formula is C24H32F8O. The molecule has 0 heterocycles. The summed E-state index contributed by atoms with van der Waals surface area (Å²) in [5.74, 6) is -3.09. The van der Waals surface area contributed by atoms with E-state index in [0.717, 1.165) is 30.9 Å². The zero-order valence-electron chi connectivity index (χ0n) is 19.1. The van der Waals surface area contributed by atoms with Gasteiger partial charge >= 0.3 is 12.3 Å². The van der Waals surface area contributed by atoms with Crippen LogP contribution in [-0.2, 0) is 0 Å². The SMILES string of the molecule is CC.CC1CCC(C2CCC(c3cc(F)c(OC(F)(F)C(F)C(F)(F)F)c(F)c3)CC2)CC1. The smallest absolute Gasteiger partial charge is 0.424 e. The van der Waals surface area contributed by atoms with E-state index in [4.69, 9.17) is 0 Å². The highest BCUT2D eigenvalue weighted by Gasteiger charge is 2.59. The summed E-state index contributed by atoms with van der Waals surface area (Å²) in [5.41, 5.74) is 0.244. The van der Waals surface area contributed by atoms with Crippen LogP contribution in [0.2, 0.25) is 0 Å². The second-order valence-electron chi connectivity index (χ2n) is 9.01. The average molecular weight is 489 g/mol. The number of hydrogen-bond donors (Lipinski definition) is 0. The molecule has 0 aromatic heterocycles. The van der Waals surface area contributed by atoms with Gasteiger partial charge in [0.25, 0.3) is 6.17 Å². The van der Waals surface area contributed by atoms with E-state index < -0.39 is 35.8 Å². The van der Waals surface area contributed by atoms with Crippen LogP contribution in [0.3, 0.4) is 0 Å². The van der Waals surface area contributed by atoms with Crippen molar-refractivity contribution in [3.63, 3.8) is 0 Å². The maximum atomic E-state index is 14.3. The van der Waals surface area contributed by atoms with E-state index in [2.05, 4.69) is 11.7 Å². The molecular weight excluding hydrogens is 456 g/mol. The van der Waals surface area contributed by atoms with Gasteiger partial charge < -0.3 is 4.74 Å². The van der Waals surface area contributed by atoms with Crippen molar-refractivity contribution in [2.45, 2.75) is 96.5 Å². The van der Waals surface area contributed by atoms with Crippen LogP contribution in [-0.4, -0.2) is 18.5 Å². The van der Waals surface area contributed by atoms with Gasteiger partial charge in [0.1, 0.15) is 0 Å². The van der Waals surface area contributed by atoms with Crippen LogP contribution in [0.4, 0.5) is 35.1 Å². The molecule has 0 amide bonds. The highest BCUT2D eigenvalue weighted by Crippen LogP contribution is 2.45. The van der Waals surface area contributed by atoms with Gasteiger partial charge in [-0.2, -0.15) is 22.0 Å². The van der Waals surface area contributed by atoms with Crippen LogP contribution in [0.1, 0.15) is 83.6 Å². The Kier molecular flexibility index (Phi) is 9.45. The molecule has 0 spiro atoms. The summed E-state index contributed by atoms with van der Waals surface area (Å²) in [6.07, 6.45) is -8.14. The molecule has 1 aromatic carbocycles. The first kappa shape index (κ1) is 27.7. The van der Waals surface area contributed by atoms with Crippen LogP contribution in [0.5, 0.6) is 5.75 Å². The Morgan fingerprint density at radius 1 is 0.788 bits per heavy atom. The summed E-state index contributed by atoms with van der Waals surface area (Å²) in [6, 6.07) is 1.59. The summed E-state index contributed by atoms with van der Waals surface area (Å²) in [5, 5.41) is 0. The number of rotatable bonds is 5. The number of hydrogen-bond acceptors (Lipinski definition) is 1. The van der Waals surface area contributed by atoms with E-state index in [1.165, 1.54) is 25.7 Å². The Hall–Kier alpha value is -1.54. The fourth-order valence-corrected chi connectivity index (χ4v) is 4.97. The molecule has 1 unspecified atom stereocenters. The largest absolute Gasteiger partial charge is 0.439 e. The lowest BCUT2D eigenvalue weighted by Crippen LogP contribution is -2.46. The number of halogens is 8. The van der Waals surface area contributed by atoms with Gasteiger partial charge in [-0.3, -0.25) is 0 Å². The Bertz CT molecular complexity index is 724. The summed E-state index contributed by atoms with van der Waals surface area (Å²) < 4.78 is 108. The topological polar surface area (TPSA) is 9.23 Å². The molecule has 3 rings (SSSR count). The molecule has 2 aliphatic carbocycles. The van der Waals surface area contributed by atoms with Crippen molar-refractivity contribution in [2.75, 3.05) is 0 Å². The van der Waals surface area contributed by atoms with Crippen molar-refractivity contribution in [2.24, 2.45) is 17.8 Å². The van der Waals surface area contributed by atoms with E-state index >= 15 is 0 Å². The maximum absolute atomic E-state index is 14.3. The molecule has 0 aliphatic heterocycles. The summed E-state index contributed by atoms with van der Waals surface area (Å²) >= 11 is 0. The number of alkyl halides is 6. The molecule has 1 atom stereocenters. The van der Waals surface area contributed by atoms with Gasteiger partial charge in [0, 0.05) is 0 Å². The third kappa shape index (κ3) is 6.98. The van der Waals surface area contributed by atoms with Crippen LogP contribution in [0, 0.1) is 29.4 Å². The monoisotopic (exact) mass is 488 g/mol. The first-order valence-corrected chi connectivity index (χ1v) is 11.6. The molecule has 0 saturated heterocycles. The lowest BCUT2D eigenvalue weighted by atomic mass is 9.68. The minimum atomic E-state index is -5.94. The fourth-order valence-electron chi connectivity index (χ4n) is 4.97. The lowest BCUT2D eigenvalue weighted by Gasteiger charge is -2.37. The predicted molar refractivity (Wildman–Crippen MR) is 110 cm³/mol. The summed E-state index contributed by atoms with van der Waals surface area (Å²) in [6.45, 7) is 6.25. The van der Waals surface area contributed by atoms with Crippen LogP contribution < -0.4 is 4.74 Å². The van der Waals surface area contributed by atoms with E-state index in [9.17, 15) is 35.1 Å². The molecule has 9 heteroatoms. The Morgan fingerprint density at radius 3 is 1.64 bits per heavy atom. The van der Waals surface area contributed by atoms with Crippen molar-refractivity contribution < 1.29 is 39.9 Å². The first-order chi connectivity index (χ1) is 15.4. The van der Waals surface area contributed by atoms with Gasteiger partial charge in [-0.15, -0.1) is 0 Å². The van der Waals surface area contributed by atoms with Gasteiger partial charge in [-0.05, 0) is 79.9 Å². The molecule has 0 bridgehead atoms. The van der Waals surface area contributed by atoms with Crippen molar-refractivity contribution in [3.05, 3.63) is 29.3 Å². The van der Waals surface area contributed by atoms with Gasteiger partial charge in [0.15, 0.2) is 17.4 Å². The summed E-state index contributed by atoms with van der Waals surface area (Å²) in [7, 11) is 0. The molecule has 1 nitrogen and oxygen atoms in total. The predicted octanol–water partition coefficient (Wildman–Crippen LogP) is 8.96. The zero-order chi connectivity index (χ0) is 25.0. The van der Waals surface area contributed by atoms with Crippen LogP contribution in [0.25, 0.3) is 0 Å². The van der Waals surface area contributed by atoms with Crippen molar-refractivity contribution in [1.82, 2.24) is 0 Å². The van der Waals surface area contributed by atoms with E-state index in [1.54, 1.807) is 0 Å². The third-order valence-electron chi connectivity index (χ3n) is 6.81. The van der Waals surface area contributed by atoms with Crippen molar-refractivity contribution in [3.8, 4) is 5.75 Å². The van der Waals surface area contributed by atoms with Crippen molar-refractivity contribution in [1.29, 1.82) is 0 Å². The molecule has 0 radical (unpaired) electrons. The normalized spacial score (nSPS) is 27.4. The van der Waals surface area contributed by atoms with Gasteiger partial charge in [0.05, 0.1) is 0 Å². The Balaban J connectivity index is 0.00000187. The molecule has 2 aliphatic rings. The second-order valence-corrected chi connectivity index (χ2v) is 9.01. The third-order valence-corrected chi connectivity index (χ3v) is 6.81. The lowest BCUT2D eigenvalue weighted by molar-refractivity contribution is -0.306. The van der Waals surface area contributed by atoms with Gasteiger partial charge in [0.2, 0.25) is 0 Å². The van der Waals surface area contributed by atoms with E-state index in [-0.39, 0.29) is 11.5 Å². The van der Waals surface area contributed by atoms with E-state index in [0.29, 0.717) is 24.7 Å². The second kappa shape index (κ2) is 11.3. The molecule has 0 N–H and O–H groups in total. The van der Waals surface area contributed by atoms with Crippen molar-refractivity contribution >= 4 is 0 Å². The minimum Gasteiger partial charge on any atom is -0.424 e. The first-order valence-electron chi connectivity index (χ1n) is 11.6. The summed E-state index contributed by atoms with van der Waals surface area (Å²) in [4.78, 5) is 0. The van der Waals surface area contributed by atoms with Crippen LogP contribution in [0.15, 0.2) is 12.1 Å². The average Bonchev–Trinajstić information content (AvgIpc) is 2.77. The standard InChI is InChI=1S/C22H26F8O.C2H6/c1-12-2-4-13(5-3-12)14-6-8-15(9-7-14)16-10-17(23)19(18(24)11-16)31-22(29,30)20(25)21(26,27)28;1-2/h10-15,20H,2-9H2,1H3;1-2H3. The number of benzene rings is 1. The molecule has 1 aromatic rings. The molecule has 190 valence electrons. The molecule has 2 saturated carbocycles. The highest BCUT2D eigenvalue weighted by molar-refractivity contribution is 5.33. The van der Waals surface area contributed by atoms with E-state index in [1.807, 2.05) is 13.8 Å². The Labute approximate surface area is 189 Å². The molecule has 33 heavy (non-hydrogen) atoms. The van der Waals surface area contributed by atoms with Gasteiger partial charge in [-0.25, -0.2) is 13.2 Å². The molecule has 2 fully saturated rings. The highest BCUT2D eigenvalue weighted by atomic mass is 19.4. The fraction of sp³-hybridized carbons (Fsp3) is 0.750.